The molecule has 3 rings (SSSR count). The minimum atomic E-state index is -3.52. The molecule has 1 aliphatic rings. The van der Waals surface area contributed by atoms with Crippen molar-refractivity contribution in [2.75, 3.05) is 6.54 Å². The average Bonchev–Trinajstić information content (AvgIpc) is 3.10. The molecule has 0 radical (unpaired) electrons. The van der Waals surface area contributed by atoms with Crippen molar-refractivity contribution in [1.82, 2.24) is 9.46 Å². The summed E-state index contributed by atoms with van der Waals surface area (Å²) < 4.78 is 32.7. The third-order valence-electron chi connectivity index (χ3n) is 4.26. The van der Waals surface area contributed by atoms with Gasteiger partial charge in [-0.25, -0.2) is 8.42 Å². The lowest BCUT2D eigenvalue weighted by molar-refractivity contribution is 0.297. The van der Waals surface area contributed by atoms with Crippen LogP contribution >= 0.6 is 0 Å². The van der Waals surface area contributed by atoms with Gasteiger partial charge < -0.3 is 4.52 Å². The molecule has 6 heteroatoms. The first-order valence-electron chi connectivity index (χ1n) is 7.42. The largest absolute Gasteiger partial charge is 0.359 e. The van der Waals surface area contributed by atoms with E-state index in [1.807, 2.05) is 32.9 Å². The van der Waals surface area contributed by atoms with Crippen LogP contribution in [-0.4, -0.2) is 24.4 Å². The summed E-state index contributed by atoms with van der Waals surface area (Å²) in [6, 6.07) is 6.84. The Labute approximate surface area is 131 Å². The number of aromatic nitrogens is 1. The number of benzene rings is 1. The summed E-state index contributed by atoms with van der Waals surface area (Å²) in [7, 11) is -3.52. The van der Waals surface area contributed by atoms with Crippen molar-refractivity contribution < 1.29 is 12.9 Å². The van der Waals surface area contributed by atoms with Crippen LogP contribution in [0.5, 0.6) is 0 Å². The molecule has 1 saturated heterocycles. The van der Waals surface area contributed by atoms with Crippen LogP contribution in [0.1, 0.15) is 41.5 Å². The molecular formula is C16H20N2O3S. The highest BCUT2D eigenvalue weighted by Crippen LogP contribution is 2.37. The molecule has 2 heterocycles. The van der Waals surface area contributed by atoms with Crippen LogP contribution in [0, 0.1) is 20.8 Å². The topological polar surface area (TPSA) is 63.4 Å². The second-order valence-electron chi connectivity index (χ2n) is 5.89. The van der Waals surface area contributed by atoms with E-state index < -0.39 is 10.0 Å². The molecule has 1 aliphatic heterocycles. The van der Waals surface area contributed by atoms with Gasteiger partial charge in [0.05, 0.1) is 16.6 Å². The van der Waals surface area contributed by atoms with Crippen LogP contribution in [0.25, 0.3) is 0 Å². The van der Waals surface area contributed by atoms with Crippen molar-refractivity contribution >= 4 is 10.0 Å². The molecular weight excluding hydrogens is 300 g/mol. The summed E-state index contributed by atoms with van der Waals surface area (Å²) in [5.41, 5.74) is 2.83. The molecule has 0 saturated carbocycles. The van der Waals surface area contributed by atoms with Gasteiger partial charge in [0.15, 0.2) is 5.76 Å². The number of hydrogen-bond acceptors (Lipinski definition) is 4. The third kappa shape index (κ3) is 2.57. The lowest BCUT2D eigenvalue weighted by atomic mass is 10.1. The van der Waals surface area contributed by atoms with Crippen molar-refractivity contribution in [2.45, 2.75) is 44.6 Å². The Morgan fingerprint density at radius 2 is 1.95 bits per heavy atom. The fraction of sp³-hybridized carbons (Fsp3) is 0.438. The first-order chi connectivity index (χ1) is 10.4. The zero-order valence-corrected chi connectivity index (χ0v) is 13.9. The van der Waals surface area contributed by atoms with Gasteiger partial charge in [-0.3, -0.25) is 0 Å². The van der Waals surface area contributed by atoms with Crippen molar-refractivity contribution in [3.63, 3.8) is 0 Å². The van der Waals surface area contributed by atoms with E-state index in [-0.39, 0.29) is 6.04 Å². The Morgan fingerprint density at radius 3 is 2.59 bits per heavy atom. The number of sulfonamides is 1. The number of hydrogen-bond donors (Lipinski definition) is 0. The lowest BCUT2D eigenvalue weighted by Crippen LogP contribution is -2.30. The molecule has 1 aromatic carbocycles. The molecule has 0 aliphatic carbocycles. The average molecular weight is 320 g/mol. The minimum Gasteiger partial charge on any atom is -0.359 e. The van der Waals surface area contributed by atoms with E-state index >= 15 is 0 Å². The lowest BCUT2D eigenvalue weighted by Gasteiger charge is -2.22. The van der Waals surface area contributed by atoms with Crippen molar-refractivity contribution in [2.24, 2.45) is 0 Å². The molecule has 2 aromatic rings. The standard InChI is InChI=1S/C16H20N2O3S/c1-11-6-7-14(9-12(11)2)22(19,20)18-8-4-5-15(18)16-10-13(3)17-21-16/h6-7,9-10,15H,4-5,8H2,1-3H3/t15-/m0/s1. The highest BCUT2D eigenvalue weighted by atomic mass is 32.2. The van der Waals surface area contributed by atoms with Crippen molar-refractivity contribution in [3.05, 3.63) is 46.8 Å². The minimum absolute atomic E-state index is 0.257. The smallest absolute Gasteiger partial charge is 0.243 e. The second-order valence-corrected chi connectivity index (χ2v) is 7.78. The van der Waals surface area contributed by atoms with Gasteiger partial charge in [0.1, 0.15) is 0 Å². The molecule has 22 heavy (non-hydrogen) atoms. The Hall–Kier alpha value is -1.66. The molecule has 5 nitrogen and oxygen atoms in total. The molecule has 0 unspecified atom stereocenters. The maximum Gasteiger partial charge on any atom is 0.243 e. The van der Waals surface area contributed by atoms with E-state index in [0.717, 1.165) is 29.7 Å². The zero-order chi connectivity index (χ0) is 15.9. The van der Waals surface area contributed by atoms with Gasteiger partial charge in [-0.05, 0) is 56.9 Å². The molecule has 0 spiro atoms. The summed E-state index contributed by atoms with van der Waals surface area (Å²) in [6.45, 7) is 6.25. The summed E-state index contributed by atoms with van der Waals surface area (Å²) in [5, 5.41) is 3.88. The fourth-order valence-electron chi connectivity index (χ4n) is 2.86. The van der Waals surface area contributed by atoms with Crippen LogP contribution in [0.3, 0.4) is 0 Å². The van der Waals surface area contributed by atoms with Gasteiger partial charge in [-0.15, -0.1) is 0 Å². The molecule has 1 aromatic heterocycles. The number of nitrogens with zero attached hydrogens (tertiary/aromatic N) is 2. The van der Waals surface area contributed by atoms with E-state index in [4.69, 9.17) is 4.52 Å². The van der Waals surface area contributed by atoms with E-state index in [1.54, 1.807) is 12.1 Å². The summed E-state index contributed by atoms with van der Waals surface area (Å²) >= 11 is 0. The maximum absolute atomic E-state index is 13.0. The predicted molar refractivity (Wildman–Crippen MR) is 83.0 cm³/mol. The molecule has 0 amide bonds. The number of aryl methyl sites for hydroxylation is 3. The van der Waals surface area contributed by atoms with E-state index in [0.29, 0.717) is 17.2 Å². The molecule has 1 atom stereocenters. The molecule has 0 bridgehead atoms. The first kappa shape index (κ1) is 15.2. The summed E-state index contributed by atoms with van der Waals surface area (Å²) in [6.07, 6.45) is 1.59. The highest BCUT2D eigenvalue weighted by molar-refractivity contribution is 7.89. The first-order valence-corrected chi connectivity index (χ1v) is 8.86. The monoisotopic (exact) mass is 320 g/mol. The quantitative estimate of drug-likeness (QED) is 0.871. The Bertz CT molecular complexity index is 795. The van der Waals surface area contributed by atoms with E-state index in [2.05, 4.69) is 5.16 Å². The number of rotatable bonds is 3. The van der Waals surface area contributed by atoms with Gasteiger partial charge >= 0.3 is 0 Å². The van der Waals surface area contributed by atoms with Gasteiger partial charge in [-0.1, -0.05) is 11.2 Å². The predicted octanol–water partition coefficient (Wildman–Crippen LogP) is 3.13. The van der Waals surface area contributed by atoms with Crippen LogP contribution in [0.4, 0.5) is 0 Å². The second kappa shape index (κ2) is 5.52. The summed E-state index contributed by atoms with van der Waals surface area (Å²) in [4.78, 5) is 0.346. The SMILES string of the molecule is Cc1cc([C@@H]2CCCN2S(=O)(=O)c2ccc(C)c(C)c2)on1. The highest BCUT2D eigenvalue weighted by Gasteiger charge is 2.38. The zero-order valence-electron chi connectivity index (χ0n) is 13.0. The van der Waals surface area contributed by atoms with Crippen LogP contribution in [0.15, 0.2) is 33.7 Å². The van der Waals surface area contributed by atoms with Crippen LogP contribution in [-0.2, 0) is 10.0 Å². The van der Waals surface area contributed by atoms with Gasteiger partial charge in [0.25, 0.3) is 0 Å². The maximum atomic E-state index is 13.0. The third-order valence-corrected chi connectivity index (χ3v) is 6.17. The normalized spacial score (nSPS) is 19.7. The van der Waals surface area contributed by atoms with Gasteiger partial charge in [-0.2, -0.15) is 4.31 Å². The fourth-order valence-corrected chi connectivity index (χ4v) is 4.61. The van der Waals surface area contributed by atoms with Crippen LogP contribution < -0.4 is 0 Å². The van der Waals surface area contributed by atoms with Gasteiger partial charge in [0, 0.05) is 12.6 Å². The van der Waals surface area contributed by atoms with Gasteiger partial charge in [0.2, 0.25) is 10.0 Å². The Kier molecular flexibility index (Phi) is 3.82. The van der Waals surface area contributed by atoms with Crippen molar-refractivity contribution in [1.29, 1.82) is 0 Å². The Morgan fingerprint density at radius 1 is 1.18 bits per heavy atom. The van der Waals surface area contributed by atoms with E-state index in [1.165, 1.54) is 4.31 Å². The molecule has 118 valence electrons. The molecule has 0 N–H and O–H groups in total. The van der Waals surface area contributed by atoms with Crippen LogP contribution in [0.2, 0.25) is 0 Å². The summed E-state index contributed by atoms with van der Waals surface area (Å²) in [5.74, 6) is 0.627. The molecule has 1 fully saturated rings. The van der Waals surface area contributed by atoms with E-state index in [9.17, 15) is 8.42 Å². The Balaban J connectivity index is 1.98. The van der Waals surface area contributed by atoms with Crippen molar-refractivity contribution in [3.8, 4) is 0 Å².